The number of nitrogens with one attached hydrogen (secondary N) is 1. The number of hydrogen-bond donors (Lipinski definition) is 1. The Hall–Kier alpha value is -1.63. The predicted molar refractivity (Wildman–Crippen MR) is 84.0 cm³/mol. The highest BCUT2D eigenvalue weighted by Gasteiger charge is 2.23. The summed E-state index contributed by atoms with van der Waals surface area (Å²) >= 11 is 5.78. The number of piperidine rings is 1. The molecule has 22 heavy (non-hydrogen) atoms. The van der Waals surface area contributed by atoms with Crippen molar-refractivity contribution < 1.29 is 9.53 Å². The molecule has 8 heteroatoms. The molecule has 0 saturated carbocycles. The summed E-state index contributed by atoms with van der Waals surface area (Å²) in [4.78, 5) is 25.8. The molecule has 1 saturated heterocycles. The van der Waals surface area contributed by atoms with Crippen molar-refractivity contribution in [3.63, 3.8) is 0 Å². The smallest absolute Gasteiger partial charge is 0.407 e. The Morgan fingerprint density at radius 2 is 2.09 bits per heavy atom. The molecule has 0 radical (unpaired) electrons. The van der Waals surface area contributed by atoms with Gasteiger partial charge in [0.15, 0.2) is 0 Å². The van der Waals surface area contributed by atoms with Crippen LogP contribution in [0.2, 0.25) is 5.28 Å². The van der Waals surface area contributed by atoms with Gasteiger partial charge in [-0.25, -0.2) is 14.8 Å². The van der Waals surface area contributed by atoms with Crippen molar-refractivity contribution in [2.24, 2.45) is 5.92 Å². The Bertz CT molecular complexity index is 512. The van der Waals surface area contributed by atoms with Gasteiger partial charge in [-0.1, -0.05) is 0 Å². The Balaban J connectivity index is 1.74. The predicted octanol–water partition coefficient (Wildman–Crippen LogP) is 2.27. The zero-order valence-electron chi connectivity index (χ0n) is 13.2. The summed E-state index contributed by atoms with van der Waals surface area (Å²) < 4.78 is 5.23. The molecule has 0 atom stereocenters. The lowest BCUT2D eigenvalue weighted by Crippen LogP contribution is -2.40. The van der Waals surface area contributed by atoms with Crippen LogP contribution in [0.4, 0.5) is 10.7 Å². The van der Waals surface area contributed by atoms with Gasteiger partial charge in [-0.3, -0.25) is 0 Å². The Labute approximate surface area is 135 Å². The molecule has 0 unspecified atom stereocenters. The van der Waals surface area contributed by atoms with Crippen LogP contribution >= 0.6 is 11.6 Å². The second kappa shape index (κ2) is 7.09. The van der Waals surface area contributed by atoms with E-state index in [1.54, 1.807) is 0 Å². The number of anilines is 1. The van der Waals surface area contributed by atoms with Crippen molar-refractivity contribution in [3.8, 4) is 0 Å². The number of halogens is 1. The van der Waals surface area contributed by atoms with Gasteiger partial charge in [-0.2, -0.15) is 4.98 Å². The molecule has 0 aliphatic carbocycles. The number of nitrogens with zero attached hydrogens (tertiary/aromatic N) is 4. The molecule has 0 bridgehead atoms. The van der Waals surface area contributed by atoms with Gasteiger partial charge in [0.05, 0.1) is 0 Å². The first-order chi connectivity index (χ1) is 10.3. The van der Waals surface area contributed by atoms with Crippen LogP contribution in [0.1, 0.15) is 33.6 Å². The molecule has 1 aliphatic heterocycles. The first kappa shape index (κ1) is 16.7. The maximum absolute atomic E-state index is 11.6. The molecule has 1 aromatic heterocycles. The number of carbonyl (C=O) groups excluding carboxylic acids is 1. The van der Waals surface area contributed by atoms with E-state index in [0.29, 0.717) is 18.4 Å². The minimum absolute atomic E-state index is 0.207. The van der Waals surface area contributed by atoms with E-state index in [1.165, 1.54) is 6.33 Å². The van der Waals surface area contributed by atoms with E-state index in [4.69, 9.17) is 16.3 Å². The summed E-state index contributed by atoms with van der Waals surface area (Å²) in [6.45, 7) is 7.85. The van der Waals surface area contributed by atoms with E-state index >= 15 is 0 Å². The highest BCUT2D eigenvalue weighted by molar-refractivity contribution is 6.28. The van der Waals surface area contributed by atoms with E-state index in [1.807, 2.05) is 20.8 Å². The molecule has 0 aromatic carbocycles. The normalized spacial score (nSPS) is 16.5. The molecule has 0 spiro atoms. The van der Waals surface area contributed by atoms with Crippen LogP contribution in [0, 0.1) is 5.92 Å². The molecule has 1 aliphatic rings. The lowest BCUT2D eigenvalue weighted by molar-refractivity contribution is 0.0517. The van der Waals surface area contributed by atoms with Crippen molar-refractivity contribution >= 4 is 23.6 Å². The second-order valence-corrected chi connectivity index (χ2v) is 6.71. The van der Waals surface area contributed by atoms with Crippen molar-refractivity contribution in [3.05, 3.63) is 11.6 Å². The van der Waals surface area contributed by atoms with Crippen molar-refractivity contribution in [1.29, 1.82) is 0 Å². The fourth-order valence-corrected chi connectivity index (χ4v) is 2.42. The zero-order valence-corrected chi connectivity index (χ0v) is 13.9. The second-order valence-electron chi connectivity index (χ2n) is 6.37. The van der Waals surface area contributed by atoms with Gasteiger partial charge < -0.3 is 15.0 Å². The highest BCUT2D eigenvalue weighted by atomic mass is 35.5. The monoisotopic (exact) mass is 327 g/mol. The maximum Gasteiger partial charge on any atom is 0.407 e. The zero-order chi connectivity index (χ0) is 16.2. The lowest BCUT2D eigenvalue weighted by Gasteiger charge is -2.32. The van der Waals surface area contributed by atoms with Crippen LogP contribution < -0.4 is 10.2 Å². The number of rotatable bonds is 3. The van der Waals surface area contributed by atoms with Gasteiger partial charge in [0.1, 0.15) is 11.9 Å². The SMILES string of the molecule is CC(C)(C)OC(=O)NCC1CCN(c2ncnc(Cl)n2)CC1. The molecule has 1 aromatic rings. The fourth-order valence-electron chi connectivity index (χ4n) is 2.30. The van der Waals surface area contributed by atoms with E-state index in [0.717, 1.165) is 25.9 Å². The third-order valence-electron chi connectivity index (χ3n) is 3.36. The van der Waals surface area contributed by atoms with Crippen LogP contribution in [0.15, 0.2) is 6.33 Å². The van der Waals surface area contributed by atoms with Crippen LogP contribution in [0.5, 0.6) is 0 Å². The molecular weight excluding hydrogens is 306 g/mol. The van der Waals surface area contributed by atoms with Gasteiger partial charge in [0.25, 0.3) is 0 Å². The lowest BCUT2D eigenvalue weighted by atomic mass is 9.97. The molecule has 2 rings (SSSR count). The molecule has 7 nitrogen and oxygen atoms in total. The Morgan fingerprint density at radius 3 is 2.68 bits per heavy atom. The molecule has 1 amide bonds. The minimum atomic E-state index is -0.467. The Morgan fingerprint density at radius 1 is 1.41 bits per heavy atom. The van der Waals surface area contributed by atoms with E-state index in [2.05, 4.69) is 25.2 Å². The summed E-state index contributed by atoms with van der Waals surface area (Å²) in [5.41, 5.74) is -0.467. The van der Waals surface area contributed by atoms with Gasteiger partial charge in [-0.15, -0.1) is 0 Å². The molecular formula is C14H22ClN5O2. The summed E-state index contributed by atoms with van der Waals surface area (Å²) in [5.74, 6) is 1.04. The number of carbonyl (C=O) groups is 1. The quantitative estimate of drug-likeness (QED) is 0.917. The van der Waals surface area contributed by atoms with Crippen molar-refractivity contribution in [1.82, 2.24) is 20.3 Å². The number of alkyl carbamates (subject to hydrolysis) is 1. The number of amides is 1. The molecule has 1 fully saturated rings. The van der Waals surface area contributed by atoms with Gasteiger partial charge in [0, 0.05) is 19.6 Å². The molecule has 2 heterocycles. The van der Waals surface area contributed by atoms with Gasteiger partial charge >= 0.3 is 6.09 Å². The van der Waals surface area contributed by atoms with Gasteiger partial charge in [0.2, 0.25) is 11.2 Å². The first-order valence-electron chi connectivity index (χ1n) is 7.40. The van der Waals surface area contributed by atoms with E-state index in [-0.39, 0.29) is 11.4 Å². The average molecular weight is 328 g/mol. The molecule has 1 N–H and O–H groups in total. The van der Waals surface area contributed by atoms with Crippen LogP contribution in [0.3, 0.4) is 0 Å². The summed E-state index contributed by atoms with van der Waals surface area (Å²) in [7, 11) is 0. The average Bonchev–Trinajstić information content (AvgIpc) is 2.44. The van der Waals surface area contributed by atoms with Crippen molar-refractivity contribution in [2.45, 2.75) is 39.2 Å². The summed E-state index contributed by atoms with van der Waals surface area (Å²) in [5, 5.41) is 3.04. The highest BCUT2D eigenvalue weighted by Crippen LogP contribution is 2.20. The summed E-state index contributed by atoms with van der Waals surface area (Å²) in [6.07, 6.45) is 2.97. The Kier molecular flexibility index (Phi) is 5.39. The summed E-state index contributed by atoms with van der Waals surface area (Å²) in [6, 6.07) is 0. The third-order valence-corrected chi connectivity index (χ3v) is 3.54. The number of ether oxygens (including phenoxy) is 1. The minimum Gasteiger partial charge on any atom is -0.444 e. The van der Waals surface area contributed by atoms with Gasteiger partial charge in [-0.05, 0) is 51.1 Å². The number of aromatic nitrogens is 3. The number of hydrogen-bond acceptors (Lipinski definition) is 6. The standard InChI is InChI=1S/C14H22ClN5O2/c1-14(2,3)22-13(21)16-8-10-4-6-20(7-5-10)12-18-9-17-11(15)19-12/h9-10H,4-8H2,1-3H3,(H,16,21). The first-order valence-corrected chi connectivity index (χ1v) is 7.77. The fraction of sp³-hybridized carbons (Fsp3) is 0.714. The van der Waals surface area contributed by atoms with Crippen LogP contribution in [0.25, 0.3) is 0 Å². The largest absolute Gasteiger partial charge is 0.444 e. The van der Waals surface area contributed by atoms with Crippen LogP contribution in [-0.4, -0.2) is 46.3 Å². The topological polar surface area (TPSA) is 80.2 Å². The van der Waals surface area contributed by atoms with Crippen molar-refractivity contribution in [2.75, 3.05) is 24.5 Å². The maximum atomic E-state index is 11.6. The third kappa shape index (κ3) is 5.29. The van der Waals surface area contributed by atoms with E-state index in [9.17, 15) is 4.79 Å². The molecule has 122 valence electrons. The van der Waals surface area contributed by atoms with E-state index < -0.39 is 5.60 Å². The van der Waals surface area contributed by atoms with Crippen LogP contribution in [-0.2, 0) is 4.74 Å².